The van der Waals surface area contributed by atoms with Crippen LogP contribution >= 0.6 is 23.2 Å². The molecule has 0 bridgehead atoms. The molecule has 3 fully saturated rings. The van der Waals surface area contributed by atoms with Gasteiger partial charge in [0.25, 0.3) is 0 Å². The zero-order valence-electron chi connectivity index (χ0n) is 46.3. The van der Waals surface area contributed by atoms with Crippen LogP contribution in [-0.4, -0.2) is 119 Å². The van der Waals surface area contributed by atoms with Crippen molar-refractivity contribution in [1.29, 1.82) is 0 Å². The summed E-state index contributed by atoms with van der Waals surface area (Å²) in [6.07, 6.45) is 22.8. The number of fused-ring (bicyclic) bond motifs is 4. The second-order valence-electron chi connectivity index (χ2n) is 22.2. The molecular weight excluding hydrogens is 1080 g/mol. The molecule has 83 heavy (non-hydrogen) atoms. The Bertz CT molecular complexity index is 3560. The van der Waals surface area contributed by atoms with Gasteiger partial charge < -0.3 is 34.7 Å². The molecule has 13 rings (SSSR count). The van der Waals surface area contributed by atoms with Gasteiger partial charge in [-0.1, -0.05) is 78.2 Å². The molecule has 2 saturated heterocycles. The highest BCUT2D eigenvalue weighted by molar-refractivity contribution is 6.31. The van der Waals surface area contributed by atoms with Gasteiger partial charge in [-0.2, -0.15) is 0 Å². The summed E-state index contributed by atoms with van der Waals surface area (Å²) < 4.78 is 9.97. The van der Waals surface area contributed by atoms with Gasteiger partial charge in [0.2, 0.25) is 11.8 Å². The Morgan fingerprint density at radius 3 is 1.67 bits per heavy atom. The van der Waals surface area contributed by atoms with Gasteiger partial charge in [0, 0.05) is 111 Å². The summed E-state index contributed by atoms with van der Waals surface area (Å²) in [5.74, 6) is -0.198. The SMILES string of the molecule is O=C(Nc1cccc(Cn2ccnc2)c1)C1CN(C(=O)OC2CCCCC2)CCN1[C@@H]1c2ccc(Cl)cc2CCc2cccnc21.O=C(Nc1cccc(Cn2ccnc2)c1)C1CNCCN1[C@@H]1c2ccc(Cl)cc2CCc2cccnc21. The van der Waals surface area contributed by atoms with Crippen LogP contribution in [-0.2, 0) is 53.1 Å². The van der Waals surface area contributed by atoms with Crippen LogP contribution in [0.4, 0.5) is 16.2 Å². The van der Waals surface area contributed by atoms with E-state index in [0.29, 0.717) is 43.4 Å². The first kappa shape index (κ1) is 55.8. The number of aromatic nitrogens is 6. The predicted octanol–water partition coefficient (Wildman–Crippen LogP) is 10.3. The Hall–Kier alpha value is -7.73. The molecule has 18 heteroatoms. The van der Waals surface area contributed by atoms with E-state index in [9.17, 15) is 14.4 Å². The lowest BCUT2D eigenvalue weighted by molar-refractivity contribution is -0.124. The molecule has 3 amide bonds. The van der Waals surface area contributed by atoms with Crippen LogP contribution in [0.3, 0.4) is 0 Å². The van der Waals surface area contributed by atoms with Gasteiger partial charge in [-0.05, 0) is 157 Å². The van der Waals surface area contributed by atoms with Gasteiger partial charge in [0.15, 0.2) is 0 Å². The van der Waals surface area contributed by atoms with Crippen molar-refractivity contribution in [3.05, 3.63) is 225 Å². The average Bonchev–Trinajstić information content (AvgIpc) is 3.59. The number of halogens is 2. The maximum Gasteiger partial charge on any atom is 0.410 e. The van der Waals surface area contributed by atoms with Crippen molar-refractivity contribution in [2.75, 3.05) is 49.9 Å². The maximum absolute atomic E-state index is 14.4. The smallest absolute Gasteiger partial charge is 0.410 e. The number of imidazole rings is 2. The summed E-state index contributed by atoms with van der Waals surface area (Å²) in [5, 5.41) is 11.2. The molecule has 5 aliphatic rings. The first-order valence-corrected chi connectivity index (χ1v) is 29.8. The number of amides is 3. The topological polar surface area (TPSA) is 168 Å². The summed E-state index contributed by atoms with van der Waals surface area (Å²) in [6.45, 7) is 4.62. The van der Waals surface area contributed by atoms with Crippen LogP contribution in [0.5, 0.6) is 0 Å². The van der Waals surface area contributed by atoms with Crippen molar-refractivity contribution in [2.24, 2.45) is 0 Å². The quantitative estimate of drug-likeness (QED) is 0.113. The van der Waals surface area contributed by atoms with Gasteiger partial charge in [-0.15, -0.1) is 0 Å². The van der Waals surface area contributed by atoms with Crippen LogP contribution in [0.15, 0.2) is 159 Å². The van der Waals surface area contributed by atoms with Gasteiger partial charge in [-0.3, -0.25) is 29.4 Å². The fraction of sp³-hybridized carbons (Fsp3) is 0.338. The highest BCUT2D eigenvalue weighted by Gasteiger charge is 2.43. The first-order chi connectivity index (χ1) is 40.7. The number of ether oxygens (including phenoxy) is 1. The Kier molecular flexibility index (Phi) is 17.4. The van der Waals surface area contributed by atoms with E-state index < -0.39 is 6.04 Å². The molecule has 4 atom stereocenters. The third-order valence-corrected chi connectivity index (χ3v) is 17.3. The minimum atomic E-state index is -0.647. The molecule has 4 aromatic carbocycles. The molecule has 3 aliphatic carbocycles. The van der Waals surface area contributed by atoms with Crippen LogP contribution in [0, 0.1) is 0 Å². The van der Waals surface area contributed by atoms with E-state index in [-0.39, 0.29) is 48.7 Å². The zero-order chi connectivity index (χ0) is 56.7. The normalized spacial score (nSPS) is 20.0. The molecule has 4 aromatic heterocycles. The number of hydrogen-bond acceptors (Lipinski definition) is 11. The highest BCUT2D eigenvalue weighted by Crippen LogP contribution is 2.41. The summed E-state index contributed by atoms with van der Waals surface area (Å²) in [6, 6.07) is 34.9. The second kappa shape index (κ2) is 25.8. The number of benzene rings is 4. The lowest BCUT2D eigenvalue weighted by atomic mass is 9.94. The van der Waals surface area contributed by atoms with Crippen molar-refractivity contribution in [1.82, 2.24) is 49.1 Å². The minimum Gasteiger partial charge on any atom is -0.446 e. The minimum absolute atomic E-state index is 0.0239. The molecule has 2 unspecified atom stereocenters. The van der Waals surface area contributed by atoms with E-state index in [0.717, 1.165) is 114 Å². The van der Waals surface area contributed by atoms with E-state index >= 15 is 0 Å². The molecule has 3 N–H and O–H groups in total. The fourth-order valence-electron chi connectivity index (χ4n) is 12.7. The molecule has 0 spiro atoms. The number of carbonyl (C=O) groups excluding carboxylic acids is 3. The lowest BCUT2D eigenvalue weighted by Crippen LogP contribution is -2.60. The number of hydrogen-bond donors (Lipinski definition) is 3. The third-order valence-electron chi connectivity index (χ3n) is 16.8. The second-order valence-corrected chi connectivity index (χ2v) is 23.1. The number of nitrogens with one attached hydrogen (secondary N) is 3. The number of pyridine rings is 2. The Balaban J connectivity index is 0.000000168. The van der Waals surface area contributed by atoms with Crippen LogP contribution < -0.4 is 16.0 Å². The highest BCUT2D eigenvalue weighted by atomic mass is 35.5. The Morgan fingerprint density at radius 1 is 0.578 bits per heavy atom. The summed E-state index contributed by atoms with van der Waals surface area (Å²) in [5.41, 5.74) is 12.7. The number of piperazine rings is 2. The predicted molar refractivity (Wildman–Crippen MR) is 321 cm³/mol. The standard InChI is InChI=1S/C36H39ClN6O3.C29H29ClN6O/c37-28-13-14-31-27(21-28)12-11-26-7-5-15-39-33(26)34(31)43-19-18-42(36(45)46-30-9-2-1-3-10-30)23-32(43)35(44)40-29-8-4-6-25(20-29)22-41-17-16-38-24-41;30-23-8-9-25-22(16-23)7-6-21-4-2-10-33-27(21)28(25)36-14-12-31-17-26(36)29(37)34-24-5-1-3-20(15-24)18-35-13-11-32-19-35/h4-8,13-17,20-21,24,30,32,34H,1-3,9-12,18-19,22-23H2,(H,40,44);1-5,8-11,13,15-16,19,26,28,31H,6-7,12,14,17-18H2,(H,34,37)/t32?,34-;26?,28-/m11/s1. The third kappa shape index (κ3) is 13.1. The van der Waals surface area contributed by atoms with Crippen LogP contribution in [0.25, 0.3) is 0 Å². The molecule has 8 aromatic rings. The molecule has 0 radical (unpaired) electrons. The number of nitrogens with zero attached hydrogens (tertiary/aromatic N) is 9. The van der Waals surface area contributed by atoms with E-state index in [1.54, 1.807) is 29.9 Å². The number of aryl methyl sites for hydroxylation is 4. The fourth-order valence-corrected chi connectivity index (χ4v) is 13.1. The summed E-state index contributed by atoms with van der Waals surface area (Å²) in [4.78, 5) is 65.9. The summed E-state index contributed by atoms with van der Waals surface area (Å²) in [7, 11) is 0. The van der Waals surface area contributed by atoms with E-state index in [2.05, 4.69) is 72.1 Å². The average molecular weight is 1150 g/mol. The largest absolute Gasteiger partial charge is 0.446 e. The van der Waals surface area contributed by atoms with Crippen molar-refractivity contribution < 1.29 is 19.1 Å². The van der Waals surface area contributed by atoms with Crippen molar-refractivity contribution >= 4 is 52.5 Å². The van der Waals surface area contributed by atoms with Gasteiger partial charge in [-0.25, -0.2) is 14.8 Å². The summed E-state index contributed by atoms with van der Waals surface area (Å²) >= 11 is 12.9. The Morgan fingerprint density at radius 2 is 1.12 bits per heavy atom. The molecule has 1 saturated carbocycles. The van der Waals surface area contributed by atoms with Crippen LogP contribution in [0.1, 0.15) is 100 Å². The van der Waals surface area contributed by atoms with E-state index in [1.165, 1.54) is 23.1 Å². The van der Waals surface area contributed by atoms with Crippen molar-refractivity contribution in [3.8, 4) is 0 Å². The molecule has 16 nitrogen and oxygen atoms in total. The maximum atomic E-state index is 14.4. The lowest BCUT2D eigenvalue weighted by Gasteiger charge is -2.44. The molecule has 426 valence electrons. The van der Waals surface area contributed by atoms with Gasteiger partial charge in [0.1, 0.15) is 18.2 Å². The molecule has 2 aliphatic heterocycles. The number of carbonyl (C=O) groups is 3. The first-order valence-electron chi connectivity index (χ1n) is 29.0. The van der Waals surface area contributed by atoms with Gasteiger partial charge in [0.05, 0.1) is 36.1 Å². The van der Waals surface area contributed by atoms with Crippen LogP contribution in [0.2, 0.25) is 10.0 Å². The molecular formula is C65H68Cl2N12O4. The van der Waals surface area contributed by atoms with E-state index in [1.807, 2.05) is 107 Å². The van der Waals surface area contributed by atoms with E-state index in [4.69, 9.17) is 37.9 Å². The Labute approximate surface area is 494 Å². The number of rotatable bonds is 11. The van der Waals surface area contributed by atoms with Crippen molar-refractivity contribution in [3.63, 3.8) is 0 Å². The zero-order valence-corrected chi connectivity index (χ0v) is 47.8. The monoisotopic (exact) mass is 1150 g/mol. The molecule has 6 heterocycles. The number of anilines is 2. The van der Waals surface area contributed by atoms with Crippen molar-refractivity contribution in [2.45, 2.75) is 101 Å². The van der Waals surface area contributed by atoms with Gasteiger partial charge >= 0.3 is 6.09 Å².